The summed E-state index contributed by atoms with van der Waals surface area (Å²) in [6.45, 7) is 0. The highest BCUT2D eigenvalue weighted by molar-refractivity contribution is 9.10. The molecule has 3 nitrogen and oxygen atoms in total. The molecular formula is C17H10BrF3O3. The molecule has 1 aliphatic rings. The zero-order valence-electron chi connectivity index (χ0n) is 12.0. The number of benzene rings is 2. The number of hydrogen-bond donors (Lipinski definition) is 2. The van der Waals surface area contributed by atoms with Gasteiger partial charge in [0.1, 0.15) is 0 Å². The zero-order chi connectivity index (χ0) is 17.6. The Labute approximate surface area is 143 Å². The van der Waals surface area contributed by atoms with Gasteiger partial charge in [-0.1, -0.05) is 22.0 Å². The van der Waals surface area contributed by atoms with Crippen LogP contribution in [-0.4, -0.2) is 16.0 Å². The van der Waals surface area contributed by atoms with Gasteiger partial charge >= 0.3 is 6.18 Å². The second-order valence-electron chi connectivity index (χ2n) is 5.41. The van der Waals surface area contributed by atoms with Crippen LogP contribution in [-0.2, 0) is 12.6 Å². The molecule has 0 saturated heterocycles. The average molecular weight is 399 g/mol. The van der Waals surface area contributed by atoms with Crippen LogP contribution in [0.5, 0.6) is 11.5 Å². The van der Waals surface area contributed by atoms with E-state index in [4.69, 9.17) is 0 Å². The Morgan fingerprint density at radius 3 is 2.38 bits per heavy atom. The number of Topliss-reactive ketones (excluding diaryl/α,β-unsaturated/α-hetero) is 1. The lowest BCUT2D eigenvalue weighted by atomic mass is 10.1. The maximum atomic E-state index is 12.7. The van der Waals surface area contributed by atoms with Crippen molar-refractivity contribution in [1.82, 2.24) is 0 Å². The van der Waals surface area contributed by atoms with Crippen molar-refractivity contribution in [3.63, 3.8) is 0 Å². The predicted molar refractivity (Wildman–Crippen MR) is 84.9 cm³/mol. The third kappa shape index (κ3) is 2.91. The Kier molecular flexibility index (Phi) is 3.91. The van der Waals surface area contributed by atoms with Crippen molar-refractivity contribution in [3.05, 3.63) is 62.6 Å². The Hall–Kier alpha value is -2.28. The molecule has 0 unspecified atom stereocenters. The molecule has 1 aliphatic carbocycles. The molecule has 2 aromatic rings. The minimum Gasteiger partial charge on any atom is -0.504 e. The number of fused-ring (bicyclic) bond motifs is 1. The third-order valence-electron chi connectivity index (χ3n) is 3.78. The number of phenolic OH excluding ortho intramolecular Hbond substituents is 2. The van der Waals surface area contributed by atoms with Crippen molar-refractivity contribution in [1.29, 1.82) is 0 Å². The topological polar surface area (TPSA) is 57.5 Å². The molecule has 0 aliphatic heterocycles. The molecule has 0 fully saturated rings. The lowest BCUT2D eigenvalue weighted by Crippen LogP contribution is -2.04. The number of ketones is 1. The monoisotopic (exact) mass is 398 g/mol. The van der Waals surface area contributed by atoms with E-state index in [0.717, 1.165) is 12.1 Å². The van der Waals surface area contributed by atoms with E-state index >= 15 is 0 Å². The first-order valence-electron chi connectivity index (χ1n) is 6.83. The fourth-order valence-corrected chi connectivity index (χ4v) is 3.05. The minimum absolute atomic E-state index is 0.222. The van der Waals surface area contributed by atoms with Crippen LogP contribution in [0, 0.1) is 0 Å². The number of phenols is 2. The molecule has 2 N–H and O–H groups in total. The van der Waals surface area contributed by atoms with Crippen LogP contribution in [0.25, 0.3) is 6.08 Å². The van der Waals surface area contributed by atoms with Crippen molar-refractivity contribution in [3.8, 4) is 11.5 Å². The minimum atomic E-state index is -4.44. The number of hydrogen-bond acceptors (Lipinski definition) is 3. The summed E-state index contributed by atoms with van der Waals surface area (Å²) >= 11 is 3.09. The summed E-state index contributed by atoms with van der Waals surface area (Å²) < 4.78 is 38.3. The SMILES string of the molecule is O=C1C(=Cc2ccc(C(F)(F)F)cc2Br)Cc2cc(O)c(O)cc21. The molecule has 7 heteroatoms. The molecule has 0 aromatic heterocycles. The lowest BCUT2D eigenvalue weighted by Gasteiger charge is -2.08. The van der Waals surface area contributed by atoms with Crippen molar-refractivity contribution in [2.45, 2.75) is 12.6 Å². The van der Waals surface area contributed by atoms with E-state index in [9.17, 15) is 28.2 Å². The van der Waals surface area contributed by atoms with Crippen LogP contribution in [0.3, 0.4) is 0 Å². The van der Waals surface area contributed by atoms with Crippen LogP contribution in [0.4, 0.5) is 13.2 Å². The van der Waals surface area contributed by atoms with Crippen LogP contribution in [0.2, 0.25) is 0 Å². The average Bonchev–Trinajstić information content (AvgIpc) is 2.77. The zero-order valence-corrected chi connectivity index (χ0v) is 13.6. The van der Waals surface area contributed by atoms with E-state index in [1.807, 2.05) is 0 Å². The number of rotatable bonds is 1. The Morgan fingerprint density at radius 1 is 1.08 bits per heavy atom. The number of halogens is 4. The van der Waals surface area contributed by atoms with Crippen LogP contribution < -0.4 is 0 Å². The van der Waals surface area contributed by atoms with E-state index in [0.29, 0.717) is 16.7 Å². The van der Waals surface area contributed by atoms with Crippen molar-refractivity contribution >= 4 is 27.8 Å². The van der Waals surface area contributed by atoms with Crippen LogP contribution >= 0.6 is 15.9 Å². The number of carbonyl (C=O) groups is 1. The summed E-state index contributed by atoms with van der Waals surface area (Å²) in [5.74, 6) is -1.04. The maximum absolute atomic E-state index is 12.7. The fraction of sp³-hybridized carbons (Fsp3) is 0.118. The van der Waals surface area contributed by atoms with Gasteiger partial charge in [0.25, 0.3) is 0 Å². The predicted octanol–water partition coefficient (Wildman–Crippen LogP) is 4.70. The summed E-state index contributed by atoms with van der Waals surface area (Å²) in [7, 11) is 0. The third-order valence-corrected chi connectivity index (χ3v) is 4.46. The van der Waals surface area contributed by atoms with Crippen molar-refractivity contribution in [2.75, 3.05) is 0 Å². The molecule has 0 spiro atoms. The first kappa shape index (κ1) is 16.6. The molecule has 0 atom stereocenters. The summed E-state index contributed by atoms with van der Waals surface area (Å²) in [6, 6.07) is 5.68. The lowest BCUT2D eigenvalue weighted by molar-refractivity contribution is -0.137. The molecule has 0 radical (unpaired) electrons. The van der Waals surface area contributed by atoms with Crippen LogP contribution in [0.1, 0.15) is 27.0 Å². The Balaban J connectivity index is 1.98. The highest BCUT2D eigenvalue weighted by atomic mass is 79.9. The molecule has 0 saturated carbocycles. The van der Waals surface area contributed by atoms with E-state index in [-0.39, 0.29) is 33.7 Å². The van der Waals surface area contributed by atoms with Gasteiger partial charge in [0, 0.05) is 22.0 Å². The second kappa shape index (κ2) is 5.66. The molecular weight excluding hydrogens is 389 g/mol. The van der Waals surface area contributed by atoms with Gasteiger partial charge in [0.05, 0.1) is 5.56 Å². The molecule has 0 bridgehead atoms. The molecule has 2 aromatic carbocycles. The summed E-state index contributed by atoms with van der Waals surface area (Å²) in [5, 5.41) is 19.0. The molecule has 24 heavy (non-hydrogen) atoms. The van der Waals surface area contributed by atoms with Crippen molar-refractivity contribution < 1.29 is 28.2 Å². The Morgan fingerprint density at radius 2 is 1.75 bits per heavy atom. The Bertz CT molecular complexity index is 885. The van der Waals surface area contributed by atoms with Gasteiger partial charge in [0.2, 0.25) is 0 Å². The summed E-state index contributed by atoms with van der Waals surface area (Å²) in [6.07, 6.45) is -2.71. The fourth-order valence-electron chi connectivity index (χ4n) is 2.56. The summed E-state index contributed by atoms with van der Waals surface area (Å²) in [5.41, 5.74) is 0.861. The number of alkyl halides is 3. The number of aromatic hydroxyl groups is 2. The number of allylic oxidation sites excluding steroid dienone is 1. The largest absolute Gasteiger partial charge is 0.504 e. The summed E-state index contributed by atoms with van der Waals surface area (Å²) in [4.78, 5) is 12.3. The molecule has 3 rings (SSSR count). The molecule has 0 amide bonds. The van der Waals surface area contributed by atoms with Gasteiger partial charge in [-0.15, -0.1) is 0 Å². The van der Waals surface area contributed by atoms with Gasteiger partial charge in [-0.05, 0) is 41.5 Å². The van der Waals surface area contributed by atoms with Gasteiger partial charge in [-0.2, -0.15) is 13.2 Å². The van der Waals surface area contributed by atoms with Gasteiger partial charge < -0.3 is 10.2 Å². The normalized spacial score (nSPS) is 15.8. The smallest absolute Gasteiger partial charge is 0.416 e. The number of carbonyl (C=O) groups excluding carboxylic acids is 1. The standard InChI is InChI=1S/C17H10BrF3O3/c18-13-6-11(17(19,20)21)2-1-8(13)3-10-4-9-5-14(22)15(23)7-12(9)16(10)24/h1-3,5-7,22-23H,4H2. The molecule has 124 valence electrons. The van der Waals surface area contributed by atoms with Crippen LogP contribution in [0.15, 0.2) is 40.4 Å². The second-order valence-corrected chi connectivity index (χ2v) is 6.26. The quantitative estimate of drug-likeness (QED) is 0.540. The van der Waals surface area contributed by atoms with Gasteiger partial charge in [-0.3, -0.25) is 4.79 Å². The van der Waals surface area contributed by atoms with E-state index < -0.39 is 11.7 Å². The molecule has 0 heterocycles. The van der Waals surface area contributed by atoms with Gasteiger partial charge in [0.15, 0.2) is 17.3 Å². The first-order valence-corrected chi connectivity index (χ1v) is 7.63. The van der Waals surface area contributed by atoms with E-state index in [1.165, 1.54) is 24.3 Å². The van der Waals surface area contributed by atoms with Crippen molar-refractivity contribution in [2.24, 2.45) is 0 Å². The highest BCUT2D eigenvalue weighted by Gasteiger charge is 2.31. The van der Waals surface area contributed by atoms with Gasteiger partial charge in [-0.25, -0.2) is 0 Å². The van der Waals surface area contributed by atoms with E-state index in [1.54, 1.807) is 0 Å². The van der Waals surface area contributed by atoms with E-state index in [2.05, 4.69) is 15.9 Å². The first-order chi connectivity index (χ1) is 11.2. The highest BCUT2D eigenvalue weighted by Crippen LogP contribution is 2.37. The maximum Gasteiger partial charge on any atom is 0.416 e.